The van der Waals surface area contributed by atoms with Gasteiger partial charge in [-0.15, -0.1) is 0 Å². The fraction of sp³-hybridized carbons (Fsp3) is 0.0909. The summed E-state index contributed by atoms with van der Waals surface area (Å²) in [7, 11) is 8.24. The van der Waals surface area contributed by atoms with Crippen LogP contribution in [-0.4, -0.2) is 39.7 Å². The minimum absolute atomic E-state index is 0. The van der Waals surface area contributed by atoms with Crippen molar-refractivity contribution in [3.05, 3.63) is 202 Å². The van der Waals surface area contributed by atoms with Crippen molar-refractivity contribution < 1.29 is 23.7 Å². The Balaban J connectivity index is 0.00000384. The maximum absolute atomic E-state index is 5.48. The summed E-state index contributed by atoms with van der Waals surface area (Å²) in [6.45, 7) is 0. The standard InChI is InChI=1S/C44H36N8.Al.H2O/c1-49-21-13-29(14-22-49)41-33-5-7-35(45-33)42(30-15-23-50(2)24-16-30)37-9-11-39(47-37)44(32-19-27-52(4)28-20-32)40-12-10-38(48-40)43(36-8-6-34(41)46-36)31-17-25-51(3)26-18-31;;/h5-28H,1-4H3;;1H2/q2*+2;. The van der Waals surface area contributed by atoms with Gasteiger partial charge in [0.2, 0.25) is 0 Å². The number of aromatic nitrogens is 6. The highest BCUT2D eigenvalue weighted by molar-refractivity contribution is 6.37. The quantitative estimate of drug-likeness (QED) is 0.196. The second-order valence-electron chi connectivity index (χ2n) is 14.0. The van der Waals surface area contributed by atoms with E-state index in [4.69, 9.17) is 9.98 Å². The first kappa shape index (κ1) is 33.5. The number of aliphatic imine (C=N–C) groups is 2. The van der Waals surface area contributed by atoms with E-state index < -0.39 is 15.7 Å². The van der Waals surface area contributed by atoms with Crippen molar-refractivity contribution in [2.24, 2.45) is 38.2 Å². The second kappa shape index (κ2) is 13.0. The molecule has 4 aliphatic rings. The van der Waals surface area contributed by atoms with Crippen molar-refractivity contribution in [1.29, 1.82) is 0 Å². The van der Waals surface area contributed by atoms with Gasteiger partial charge in [0.15, 0.2) is 49.6 Å². The number of hydrogen-bond acceptors (Lipinski definition) is 2. The third kappa shape index (κ3) is 5.43. The maximum Gasteiger partial charge on any atom is 0.564 e. The van der Waals surface area contributed by atoms with Gasteiger partial charge in [0.1, 0.15) is 28.2 Å². The van der Waals surface area contributed by atoms with E-state index in [1.807, 2.05) is 0 Å². The number of nitrogens with zero attached hydrogens (tertiary/aromatic N) is 8. The lowest BCUT2D eigenvalue weighted by Crippen LogP contribution is -2.40. The van der Waals surface area contributed by atoms with E-state index in [0.29, 0.717) is 0 Å². The van der Waals surface area contributed by atoms with E-state index in [-0.39, 0.29) is 5.48 Å². The third-order valence-corrected chi connectivity index (χ3v) is 12.0. The Labute approximate surface area is 319 Å². The van der Waals surface area contributed by atoms with Crippen molar-refractivity contribution in [2.75, 3.05) is 0 Å². The normalized spacial score (nSPS) is 15.3. The average Bonchev–Trinajstić information content (AvgIpc) is 3.99. The van der Waals surface area contributed by atoms with Gasteiger partial charge in [-0.1, -0.05) is 0 Å². The van der Waals surface area contributed by atoms with Crippen molar-refractivity contribution in [1.82, 2.24) is 7.10 Å². The molecule has 6 aromatic heterocycles. The summed E-state index contributed by atoms with van der Waals surface area (Å²) < 4.78 is 13.4. The molecule has 54 heavy (non-hydrogen) atoms. The molecular weight excluding hydrogens is 684 g/mol. The van der Waals surface area contributed by atoms with Crippen molar-refractivity contribution in [3.8, 4) is 0 Å². The Morgan fingerprint density at radius 1 is 0.407 bits per heavy atom. The van der Waals surface area contributed by atoms with Crippen molar-refractivity contribution in [3.63, 3.8) is 0 Å². The van der Waals surface area contributed by atoms with E-state index in [0.717, 1.165) is 89.4 Å². The molecule has 6 bridgehead atoms. The van der Waals surface area contributed by atoms with Crippen LogP contribution in [0.5, 0.6) is 0 Å². The molecule has 0 amide bonds. The number of fused-ring (bicyclic) bond motifs is 2. The largest absolute Gasteiger partial charge is 0.564 e. The number of aryl methyl sites for hydroxylation is 4. The Bertz CT molecular complexity index is 2660. The molecule has 0 fully saturated rings. The summed E-state index contributed by atoms with van der Waals surface area (Å²) in [6, 6.07) is 26.8. The second-order valence-corrected chi connectivity index (χ2v) is 15.3. The molecule has 10 heteroatoms. The number of hydrogen-bond donors (Lipinski definition) is 0. The molecule has 4 aliphatic heterocycles. The lowest BCUT2D eigenvalue weighted by Gasteiger charge is -2.22. The van der Waals surface area contributed by atoms with Crippen molar-refractivity contribution >= 4 is 49.4 Å². The molecule has 0 saturated carbocycles. The Morgan fingerprint density at radius 2 is 0.741 bits per heavy atom. The fourth-order valence-electron chi connectivity index (χ4n) is 7.74. The van der Waals surface area contributed by atoms with E-state index in [9.17, 15) is 0 Å². The number of pyridine rings is 4. The highest BCUT2D eigenvalue weighted by atomic mass is 27.1. The predicted octanol–water partition coefficient (Wildman–Crippen LogP) is 1.66. The summed E-state index contributed by atoms with van der Waals surface area (Å²) in [4.78, 5) is 11.0. The molecule has 2 N–H and O–H groups in total. The number of allylic oxidation sites excluding steroid dienone is 4. The van der Waals surface area contributed by atoms with E-state index >= 15 is 0 Å². The van der Waals surface area contributed by atoms with Gasteiger partial charge in [0, 0.05) is 92.9 Å². The summed E-state index contributed by atoms with van der Waals surface area (Å²) in [6.07, 6.45) is 25.7. The lowest BCUT2D eigenvalue weighted by atomic mass is 10.0. The Morgan fingerprint density at radius 3 is 1.09 bits per heavy atom. The van der Waals surface area contributed by atoms with Gasteiger partial charge < -0.3 is 12.6 Å². The smallest absolute Gasteiger partial charge is 0.420 e. The highest BCUT2D eigenvalue weighted by Crippen LogP contribution is 2.38. The van der Waals surface area contributed by atoms with Crippen LogP contribution in [0.1, 0.15) is 33.6 Å². The van der Waals surface area contributed by atoms with E-state index in [1.54, 1.807) is 0 Å². The van der Waals surface area contributed by atoms with Crippen LogP contribution in [0.2, 0.25) is 0 Å². The van der Waals surface area contributed by atoms with Crippen LogP contribution in [0, 0.1) is 0 Å². The molecule has 10 heterocycles. The van der Waals surface area contributed by atoms with Gasteiger partial charge >= 0.3 is 15.7 Å². The zero-order valence-corrected chi connectivity index (χ0v) is 31.7. The van der Waals surface area contributed by atoms with Gasteiger partial charge in [0.25, 0.3) is 0 Å². The van der Waals surface area contributed by atoms with Gasteiger partial charge in [0.05, 0.1) is 22.8 Å². The molecule has 6 aromatic rings. The van der Waals surface area contributed by atoms with Crippen LogP contribution < -0.4 is 29.0 Å². The molecular formula is C44H38AlN8O+4. The first-order chi connectivity index (χ1) is 25.9. The van der Waals surface area contributed by atoms with Crippen LogP contribution in [0.25, 0.3) is 22.3 Å². The molecule has 0 atom stereocenters. The van der Waals surface area contributed by atoms with Crippen molar-refractivity contribution in [2.45, 2.75) is 0 Å². The molecule has 259 valence electrons. The highest BCUT2D eigenvalue weighted by Gasteiger charge is 2.30. The first-order valence-corrected chi connectivity index (χ1v) is 18.8. The first-order valence-electron chi connectivity index (χ1n) is 17.8. The van der Waals surface area contributed by atoms with Crippen LogP contribution in [0.4, 0.5) is 0 Å². The van der Waals surface area contributed by atoms with Crippen LogP contribution in [0.3, 0.4) is 0 Å². The zero-order valence-electron chi connectivity index (χ0n) is 30.5. The summed E-state index contributed by atoms with van der Waals surface area (Å²) in [5, 5.41) is 2.27. The van der Waals surface area contributed by atoms with E-state index in [2.05, 4.69) is 200 Å². The minimum atomic E-state index is -0.574. The third-order valence-electron chi connectivity index (χ3n) is 10.5. The molecule has 1 radical (unpaired) electrons. The maximum atomic E-state index is 5.48. The lowest BCUT2D eigenvalue weighted by molar-refractivity contribution is -0.671. The number of rotatable bonds is 4. The predicted molar refractivity (Wildman–Crippen MR) is 209 cm³/mol. The fourth-order valence-corrected chi connectivity index (χ4v) is 9.32. The topological polar surface area (TPSA) is 81.6 Å². The monoisotopic (exact) mass is 721 g/mol. The van der Waals surface area contributed by atoms with Crippen LogP contribution in [0.15, 0.2) is 168 Å². The summed E-state index contributed by atoms with van der Waals surface area (Å²) in [5.41, 5.74) is 15.0. The molecule has 0 aromatic carbocycles. The van der Waals surface area contributed by atoms with Crippen LogP contribution >= 0.6 is 0 Å². The Hall–Kier alpha value is -6.31. The molecule has 9 nitrogen and oxygen atoms in total. The summed E-state index contributed by atoms with van der Waals surface area (Å²) in [5.74, 6) is 0. The van der Waals surface area contributed by atoms with Gasteiger partial charge in [-0.2, -0.15) is 0 Å². The Kier molecular flexibility index (Phi) is 8.05. The molecule has 0 spiro atoms. The zero-order chi connectivity index (χ0) is 35.8. The van der Waals surface area contributed by atoms with Gasteiger partial charge in [-0.3, -0.25) is 0 Å². The van der Waals surface area contributed by atoms with Gasteiger partial charge in [-0.25, -0.2) is 28.3 Å². The molecule has 0 aliphatic carbocycles. The summed E-state index contributed by atoms with van der Waals surface area (Å²) >= 11 is -0.574. The molecule has 10 rings (SSSR count). The minimum Gasteiger partial charge on any atom is -0.420 e. The molecule has 0 unspecified atom stereocenters. The van der Waals surface area contributed by atoms with Gasteiger partial charge in [-0.05, 0) is 70.8 Å². The van der Waals surface area contributed by atoms with E-state index in [1.165, 1.54) is 0 Å². The average molecular weight is 722 g/mol. The molecule has 0 saturated heterocycles. The SMILES string of the molecule is C[n+]1ccc(C2=C3C=CC(=N3)C(c3cc[n+](C)cc3)=c3ccc4[n]3[Al][n]3c2ccc3C(c2cc[n+](C)cc2)=C2C=CC(=N2)C=4c2cc[n+](C)cc2)cc1.O. The van der Waals surface area contributed by atoms with Crippen LogP contribution in [-0.2, 0) is 28.2 Å².